The third-order valence-electron chi connectivity index (χ3n) is 7.61. The molecule has 132 valence electrons. The highest BCUT2D eigenvalue weighted by Crippen LogP contribution is 2.64. The van der Waals surface area contributed by atoms with Crippen LogP contribution in [0.3, 0.4) is 0 Å². The molecule has 4 nitrogen and oxygen atoms in total. The Morgan fingerprint density at radius 2 is 1.87 bits per heavy atom. The van der Waals surface area contributed by atoms with Crippen LogP contribution < -0.4 is 4.72 Å². The van der Waals surface area contributed by atoms with Crippen molar-refractivity contribution in [3.8, 4) is 0 Å². The molecule has 5 heteroatoms. The topological polar surface area (TPSA) is 63.2 Å². The van der Waals surface area contributed by atoms with Crippen molar-refractivity contribution in [3.63, 3.8) is 0 Å². The maximum atomic E-state index is 12.9. The molecule has 3 rings (SSSR count). The summed E-state index contributed by atoms with van der Waals surface area (Å²) in [5, 5.41) is 0. The van der Waals surface area contributed by atoms with E-state index in [0.29, 0.717) is 24.2 Å². The molecule has 3 saturated carbocycles. The number of sulfonamides is 1. The molecule has 0 aromatic carbocycles. The highest BCUT2D eigenvalue weighted by Gasteiger charge is 2.65. The van der Waals surface area contributed by atoms with Crippen LogP contribution in [0.2, 0.25) is 0 Å². The van der Waals surface area contributed by atoms with Gasteiger partial charge < -0.3 is 0 Å². The summed E-state index contributed by atoms with van der Waals surface area (Å²) in [6.07, 6.45) is 5.47. The van der Waals surface area contributed by atoms with Crippen molar-refractivity contribution in [3.05, 3.63) is 0 Å². The number of nitrogens with one attached hydrogen (secondary N) is 1. The number of fused-ring (bicyclic) bond motifs is 2. The van der Waals surface area contributed by atoms with Gasteiger partial charge in [-0.15, -0.1) is 0 Å². The second kappa shape index (κ2) is 5.55. The van der Waals surface area contributed by atoms with E-state index in [1.54, 1.807) is 0 Å². The van der Waals surface area contributed by atoms with Crippen molar-refractivity contribution >= 4 is 15.8 Å². The SMILES string of the molecule is C[C@@H]1[C@H](C)CCC[C@H]1NS(=O)(=O)C[C@]12CC[C@@H](CC1=O)C2(C)C. The van der Waals surface area contributed by atoms with Gasteiger partial charge in [0, 0.05) is 17.9 Å². The molecule has 0 saturated heterocycles. The van der Waals surface area contributed by atoms with Crippen LogP contribution in [0.4, 0.5) is 0 Å². The molecule has 1 N–H and O–H groups in total. The summed E-state index contributed by atoms with van der Waals surface area (Å²) in [4.78, 5) is 12.6. The fourth-order valence-electron chi connectivity index (χ4n) is 5.45. The molecule has 0 spiro atoms. The Hall–Kier alpha value is -0.420. The van der Waals surface area contributed by atoms with Gasteiger partial charge in [-0.3, -0.25) is 4.79 Å². The van der Waals surface area contributed by atoms with Crippen LogP contribution in [-0.2, 0) is 14.8 Å². The molecule has 3 aliphatic carbocycles. The van der Waals surface area contributed by atoms with Gasteiger partial charge in [-0.1, -0.05) is 40.5 Å². The maximum absolute atomic E-state index is 12.9. The minimum absolute atomic E-state index is 0.0140. The largest absolute Gasteiger partial charge is 0.299 e. The van der Waals surface area contributed by atoms with E-state index < -0.39 is 15.4 Å². The quantitative estimate of drug-likeness (QED) is 0.854. The zero-order chi connectivity index (χ0) is 17.0. The smallest absolute Gasteiger partial charge is 0.212 e. The van der Waals surface area contributed by atoms with Gasteiger partial charge >= 0.3 is 0 Å². The first kappa shape index (κ1) is 17.4. The van der Waals surface area contributed by atoms with Gasteiger partial charge in [0.1, 0.15) is 5.78 Å². The summed E-state index contributed by atoms with van der Waals surface area (Å²) < 4.78 is 28.7. The molecule has 0 aliphatic heterocycles. The normalized spacial score (nSPS) is 43.0. The lowest BCUT2D eigenvalue weighted by Gasteiger charge is -2.38. The van der Waals surface area contributed by atoms with Crippen LogP contribution in [0.5, 0.6) is 0 Å². The third-order valence-corrected chi connectivity index (χ3v) is 9.15. The minimum Gasteiger partial charge on any atom is -0.299 e. The summed E-state index contributed by atoms with van der Waals surface area (Å²) in [6.45, 7) is 8.54. The molecule has 3 aliphatic rings. The van der Waals surface area contributed by atoms with Gasteiger partial charge in [-0.25, -0.2) is 13.1 Å². The number of ketones is 1. The lowest BCUT2D eigenvalue weighted by Crippen LogP contribution is -2.50. The number of hydrogen-bond acceptors (Lipinski definition) is 3. The van der Waals surface area contributed by atoms with Crippen LogP contribution >= 0.6 is 0 Å². The standard InChI is InChI=1S/C18H31NO3S/c1-12-6-5-7-15(13(12)2)19-23(21,22)11-18-9-8-14(10-16(18)20)17(18,3)4/h12-15,19H,5-11H2,1-4H3/t12-,13-,14+,15-,18-/m1/s1. The molecule has 0 aromatic rings. The number of Topliss-reactive ketones (excluding diaryl/α,β-unsaturated/α-hetero) is 1. The van der Waals surface area contributed by atoms with Gasteiger partial charge in [0.05, 0.1) is 5.75 Å². The Bertz CT molecular complexity index is 597. The van der Waals surface area contributed by atoms with E-state index >= 15 is 0 Å². The molecule has 5 atom stereocenters. The second-order valence-corrected chi connectivity index (χ2v) is 10.7. The molecule has 0 heterocycles. The first-order chi connectivity index (χ1) is 10.6. The fourth-order valence-corrected chi connectivity index (χ4v) is 7.66. The molecular weight excluding hydrogens is 310 g/mol. The van der Waals surface area contributed by atoms with Crippen molar-refractivity contribution < 1.29 is 13.2 Å². The van der Waals surface area contributed by atoms with Crippen molar-refractivity contribution in [2.75, 3.05) is 5.75 Å². The zero-order valence-corrected chi connectivity index (χ0v) is 15.7. The Morgan fingerprint density at radius 3 is 2.43 bits per heavy atom. The van der Waals surface area contributed by atoms with E-state index in [0.717, 1.165) is 25.7 Å². The molecule has 0 unspecified atom stereocenters. The zero-order valence-electron chi connectivity index (χ0n) is 14.9. The van der Waals surface area contributed by atoms with Gasteiger partial charge in [0.25, 0.3) is 0 Å². The summed E-state index contributed by atoms with van der Waals surface area (Å²) in [6, 6.07) is 0.0250. The average Bonchev–Trinajstić information content (AvgIpc) is 2.77. The number of hydrogen-bond donors (Lipinski definition) is 1. The summed E-state index contributed by atoms with van der Waals surface area (Å²) in [7, 11) is -3.44. The van der Waals surface area contributed by atoms with E-state index in [2.05, 4.69) is 32.4 Å². The fraction of sp³-hybridized carbons (Fsp3) is 0.944. The van der Waals surface area contributed by atoms with Gasteiger partial charge in [0.2, 0.25) is 10.0 Å². The average molecular weight is 342 g/mol. The molecule has 3 fully saturated rings. The van der Waals surface area contributed by atoms with Crippen LogP contribution in [0.25, 0.3) is 0 Å². The Kier molecular flexibility index (Phi) is 4.20. The van der Waals surface area contributed by atoms with Crippen molar-refractivity contribution in [2.45, 2.75) is 72.3 Å². The molecule has 23 heavy (non-hydrogen) atoms. The Morgan fingerprint density at radius 1 is 1.17 bits per heavy atom. The molecule has 0 aromatic heterocycles. The number of carbonyl (C=O) groups excluding carboxylic acids is 1. The minimum atomic E-state index is -3.44. The lowest BCUT2D eigenvalue weighted by molar-refractivity contribution is -0.128. The van der Waals surface area contributed by atoms with E-state index in [4.69, 9.17) is 0 Å². The van der Waals surface area contributed by atoms with Crippen LogP contribution in [0.1, 0.15) is 66.2 Å². The predicted molar refractivity (Wildman–Crippen MR) is 91.5 cm³/mol. The summed E-state index contributed by atoms with van der Waals surface area (Å²) >= 11 is 0. The summed E-state index contributed by atoms with van der Waals surface area (Å²) in [5.41, 5.74) is -0.850. The van der Waals surface area contributed by atoms with E-state index in [1.807, 2.05) is 0 Å². The maximum Gasteiger partial charge on any atom is 0.212 e. The van der Waals surface area contributed by atoms with Crippen LogP contribution in [0, 0.1) is 28.6 Å². The number of carbonyl (C=O) groups is 1. The molecule has 2 bridgehead atoms. The molecular formula is C18H31NO3S. The van der Waals surface area contributed by atoms with E-state index in [1.165, 1.54) is 6.42 Å². The first-order valence-corrected chi connectivity index (χ1v) is 10.8. The highest BCUT2D eigenvalue weighted by molar-refractivity contribution is 7.89. The van der Waals surface area contributed by atoms with Crippen molar-refractivity contribution in [1.29, 1.82) is 0 Å². The number of rotatable bonds is 4. The second-order valence-electron chi connectivity index (χ2n) is 8.92. The predicted octanol–water partition coefficient (Wildman–Crippen LogP) is 3.13. The van der Waals surface area contributed by atoms with Crippen molar-refractivity contribution in [2.24, 2.45) is 28.6 Å². The lowest BCUT2D eigenvalue weighted by atomic mass is 9.70. The monoisotopic (exact) mass is 341 g/mol. The Labute approximate surface area is 140 Å². The molecule has 0 radical (unpaired) electrons. The summed E-state index contributed by atoms with van der Waals surface area (Å²) in [5.74, 6) is 1.43. The molecule has 0 amide bonds. The van der Waals surface area contributed by atoms with E-state index in [-0.39, 0.29) is 23.0 Å². The van der Waals surface area contributed by atoms with Gasteiger partial charge in [-0.2, -0.15) is 0 Å². The van der Waals surface area contributed by atoms with Crippen molar-refractivity contribution in [1.82, 2.24) is 4.72 Å². The van der Waals surface area contributed by atoms with Gasteiger partial charge in [0.15, 0.2) is 0 Å². The first-order valence-electron chi connectivity index (χ1n) is 9.12. The van der Waals surface area contributed by atoms with Crippen LogP contribution in [-0.4, -0.2) is 26.0 Å². The Balaban J connectivity index is 1.78. The van der Waals surface area contributed by atoms with Crippen LogP contribution in [0.15, 0.2) is 0 Å². The highest BCUT2D eigenvalue weighted by atomic mass is 32.2. The van der Waals surface area contributed by atoms with Gasteiger partial charge in [-0.05, 0) is 42.4 Å². The third kappa shape index (κ3) is 2.68. The van der Waals surface area contributed by atoms with E-state index in [9.17, 15) is 13.2 Å².